The molecular weight excluding hydrogens is 1210 g/mol. The number of aliphatic hydroxyl groups is 1. The first-order valence-corrected chi connectivity index (χ1v) is 33.7. The van der Waals surface area contributed by atoms with Crippen molar-refractivity contribution in [3.63, 3.8) is 0 Å². The van der Waals surface area contributed by atoms with Crippen LogP contribution in [-0.4, -0.2) is 153 Å². The molecular formula is C68H79F3N14O7S. The summed E-state index contributed by atoms with van der Waals surface area (Å²) < 4.78 is 41.0. The molecule has 5 saturated heterocycles. The molecule has 6 amide bonds. The molecule has 3 aromatic heterocycles. The molecule has 1 aliphatic carbocycles. The molecule has 21 nitrogen and oxygen atoms in total. The Morgan fingerprint density at radius 3 is 2.23 bits per heavy atom. The number of thiazole rings is 1. The third-order valence-corrected chi connectivity index (χ3v) is 21.3. The summed E-state index contributed by atoms with van der Waals surface area (Å²) in [5.74, 6) is -0.884. The van der Waals surface area contributed by atoms with Crippen LogP contribution in [0.5, 0.6) is 0 Å². The zero-order chi connectivity index (χ0) is 64.9. The highest BCUT2D eigenvalue weighted by Crippen LogP contribution is 2.45. The van der Waals surface area contributed by atoms with Crippen LogP contribution < -0.4 is 36.8 Å². The molecule has 13 rings (SSSR count). The van der Waals surface area contributed by atoms with Crippen LogP contribution in [-0.2, 0) is 21.4 Å². The van der Waals surface area contributed by atoms with Gasteiger partial charge in [-0.05, 0) is 195 Å². The van der Waals surface area contributed by atoms with Crippen molar-refractivity contribution in [2.24, 2.45) is 17.6 Å². The number of anilines is 6. The number of nitrogens with zero attached hydrogens (tertiary/aromatic N) is 9. The largest absolute Gasteiger partial charge is 0.433 e. The van der Waals surface area contributed by atoms with Gasteiger partial charge < -0.3 is 41.5 Å². The van der Waals surface area contributed by atoms with Crippen molar-refractivity contribution < 1.29 is 47.0 Å². The fourth-order valence-corrected chi connectivity index (χ4v) is 16.0. The van der Waals surface area contributed by atoms with E-state index in [0.717, 1.165) is 173 Å². The predicted octanol–water partition coefficient (Wildman–Crippen LogP) is 9.77. The molecule has 6 fully saturated rings. The number of hydrogen-bond donors (Lipinski definition) is 6. The quantitative estimate of drug-likeness (QED) is 0.0437. The van der Waals surface area contributed by atoms with E-state index in [2.05, 4.69) is 63.0 Å². The van der Waals surface area contributed by atoms with Crippen molar-refractivity contribution in [3.05, 3.63) is 117 Å². The number of primary amides is 1. The highest BCUT2D eigenvalue weighted by atomic mass is 32.1. The van der Waals surface area contributed by atoms with E-state index < -0.39 is 64.7 Å². The summed E-state index contributed by atoms with van der Waals surface area (Å²) in [6, 6.07) is 17.8. The van der Waals surface area contributed by atoms with Crippen molar-refractivity contribution in [2.75, 3.05) is 91.2 Å². The number of piperidine rings is 4. The number of aromatic nitrogens is 4. The Morgan fingerprint density at radius 2 is 1.53 bits per heavy atom. The number of halogens is 3. The Bertz CT molecular complexity index is 3840. The van der Waals surface area contributed by atoms with Crippen molar-refractivity contribution in [2.45, 2.75) is 139 Å². The number of likely N-dealkylation sites (tertiary alicyclic amines) is 2. The molecule has 6 aliphatic heterocycles. The van der Waals surface area contributed by atoms with Gasteiger partial charge in [-0.2, -0.15) is 13.2 Å². The second-order valence-corrected chi connectivity index (χ2v) is 27.9. The predicted molar refractivity (Wildman–Crippen MR) is 348 cm³/mol. The molecule has 6 aromatic rings. The van der Waals surface area contributed by atoms with Gasteiger partial charge in [-0.3, -0.25) is 43.9 Å². The lowest BCUT2D eigenvalue weighted by molar-refractivity contribution is -0.141. The van der Waals surface area contributed by atoms with Crippen LogP contribution in [0.25, 0.3) is 10.2 Å². The fraction of sp³-hybridized carbons (Fsp3) is 0.500. The van der Waals surface area contributed by atoms with Crippen LogP contribution >= 0.6 is 11.3 Å². The first-order chi connectivity index (χ1) is 44.7. The molecule has 490 valence electrons. The summed E-state index contributed by atoms with van der Waals surface area (Å²) in [5, 5.41) is 24.1. The maximum absolute atomic E-state index is 14.5. The van der Waals surface area contributed by atoms with E-state index in [1.54, 1.807) is 38.2 Å². The number of amides is 6. The highest BCUT2D eigenvalue weighted by molar-refractivity contribution is 7.18. The van der Waals surface area contributed by atoms with Gasteiger partial charge in [0, 0.05) is 74.6 Å². The molecule has 0 bridgehead atoms. The highest BCUT2D eigenvalue weighted by Gasteiger charge is 2.47. The number of pyridine rings is 1. The van der Waals surface area contributed by atoms with Crippen molar-refractivity contribution in [1.82, 2.24) is 40.0 Å². The molecule has 3 aromatic carbocycles. The normalized spacial score (nSPS) is 21.7. The van der Waals surface area contributed by atoms with E-state index in [1.165, 1.54) is 29.4 Å². The van der Waals surface area contributed by atoms with Crippen LogP contribution in [0.1, 0.15) is 179 Å². The third kappa shape index (κ3) is 13.7. The number of rotatable bonds is 18. The number of carbonyl (C=O) groups is 6. The van der Waals surface area contributed by atoms with E-state index in [1.807, 2.05) is 18.2 Å². The van der Waals surface area contributed by atoms with Gasteiger partial charge in [0.2, 0.25) is 11.8 Å². The van der Waals surface area contributed by atoms with Gasteiger partial charge in [0.15, 0.2) is 11.5 Å². The third-order valence-electron chi connectivity index (χ3n) is 20.2. The first kappa shape index (κ1) is 63.6. The molecule has 7 aliphatic rings. The molecule has 0 radical (unpaired) electrons. The minimum absolute atomic E-state index is 0.0355. The van der Waals surface area contributed by atoms with E-state index >= 15 is 0 Å². The van der Waals surface area contributed by atoms with E-state index in [0.29, 0.717) is 52.9 Å². The van der Waals surface area contributed by atoms with Crippen LogP contribution in [0.3, 0.4) is 0 Å². The number of alkyl halides is 3. The number of hydrogen-bond acceptors (Lipinski definition) is 18. The van der Waals surface area contributed by atoms with Crippen molar-refractivity contribution >= 4 is 91.4 Å². The number of benzene rings is 3. The summed E-state index contributed by atoms with van der Waals surface area (Å²) in [6.07, 6.45) is 9.36. The molecule has 25 heteroatoms. The molecule has 1 unspecified atom stereocenters. The van der Waals surface area contributed by atoms with E-state index in [9.17, 15) is 47.0 Å². The van der Waals surface area contributed by atoms with Gasteiger partial charge in [0.25, 0.3) is 23.6 Å². The SMILES string of the molecule is CC(C)(O)c1cc2nc([C@H]3CC[C@H](CN4CCC(CCNc5c(N6CC(N7CCC(c8ccc(Nc9nc(N%10CCCCC%10)cnc9C(N)=O)cc8)CC7)C6)ccc6c5C(=O)N(C5CCC(=O)NC5=O)C6=O)CC4)CC3)sc2cc1NC(=O)c1cccc(C(F)(F)F)n1. The van der Waals surface area contributed by atoms with Crippen molar-refractivity contribution in [1.29, 1.82) is 0 Å². The van der Waals surface area contributed by atoms with Gasteiger partial charge in [0.05, 0.1) is 49.5 Å². The molecule has 7 N–H and O–H groups in total. The first-order valence-electron chi connectivity index (χ1n) is 32.8. The topological polar surface area (TPSA) is 265 Å². The lowest BCUT2D eigenvalue weighted by Crippen LogP contribution is -2.61. The average Bonchev–Trinajstić information content (AvgIpc) is 1.62. The summed E-state index contributed by atoms with van der Waals surface area (Å²) in [4.78, 5) is 108. The number of nitrogens with two attached hydrogens (primary N) is 1. The molecule has 1 atom stereocenters. The zero-order valence-electron chi connectivity index (χ0n) is 52.4. The van der Waals surface area contributed by atoms with Gasteiger partial charge in [-0.1, -0.05) is 18.2 Å². The maximum atomic E-state index is 14.5. The standard InChI is InChI=1S/C68H79F3N14O7S/c1-67(2,92)47-33-50-53(34-49(47)77-62(88)48-7-6-8-54(76-48)68(69,70)71)93-64(78-50)43-11-9-40(10-12-43)36-81-29-22-39(23-30-81)21-26-73-58-51(18-17-46-57(58)66(91)85(65(46)90)52-19-20-56(86)80-63(52)89)84-37-45(38-84)82-31-24-42(25-32-82)41-13-15-44(16-14-41)75-61-59(60(72)87)74-35-55(79-61)83-27-4-3-5-28-83/h6-8,13-18,33-35,39-40,42-43,45,52,73,92H,3-5,9-12,19-32,36-38H2,1-2H3,(H2,72,87)(H,75,79)(H,77,88)(H,80,86,89)/t40-,43-,52?. The Hall–Kier alpha value is -8.13. The fourth-order valence-electron chi connectivity index (χ4n) is 14.9. The Kier molecular flexibility index (Phi) is 18.0. The van der Waals surface area contributed by atoms with Crippen LogP contribution in [0.15, 0.2) is 72.9 Å². The van der Waals surface area contributed by atoms with E-state index in [4.69, 9.17) is 15.7 Å². The number of carbonyl (C=O) groups excluding carboxylic acids is 6. The van der Waals surface area contributed by atoms with Crippen LogP contribution in [0, 0.1) is 11.8 Å². The summed E-state index contributed by atoms with van der Waals surface area (Å²) >= 11 is 1.54. The van der Waals surface area contributed by atoms with Gasteiger partial charge in [-0.15, -0.1) is 11.3 Å². The van der Waals surface area contributed by atoms with Crippen LogP contribution in [0.2, 0.25) is 0 Å². The maximum Gasteiger partial charge on any atom is 0.433 e. The van der Waals surface area contributed by atoms with Gasteiger partial charge in [-0.25, -0.2) is 19.9 Å². The second-order valence-electron chi connectivity index (χ2n) is 26.8. The lowest BCUT2D eigenvalue weighted by Gasteiger charge is -2.49. The molecule has 1 saturated carbocycles. The van der Waals surface area contributed by atoms with Gasteiger partial charge >= 0.3 is 6.18 Å². The number of imide groups is 2. The monoisotopic (exact) mass is 1290 g/mol. The average molecular weight is 1290 g/mol. The smallest absolute Gasteiger partial charge is 0.386 e. The second kappa shape index (κ2) is 26.3. The summed E-state index contributed by atoms with van der Waals surface area (Å²) in [5.41, 5.74) is 8.26. The summed E-state index contributed by atoms with van der Waals surface area (Å²) in [6.45, 7) is 11.9. The van der Waals surface area contributed by atoms with E-state index in [-0.39, 0.29) is 41.3 Å². The van der Waals surface area contributed by atoms with Crippen LogP contribution in [0.4, 0.5) is 47.6 Å². The van der Waals surface area contributed by atoms with Gasteiger partial charge in [0.1, 0.15) is 23.2 Å². The minimum Gasteiger partial charge on any atom is -0.386 e. The molecule has 9 heterocycles. The number of nitrogens with one attached hydrogen (secondary N) is 4. The van der Waals surface area contributed by atoms with Crippen molar-refractivity contribution in [3.8, 4) is 0 Å². The Morgan fingerprint density at radius 1 is 0.785 bits per heavy atom. The molecule has 0 spiro atoms. The summed E-state index contributed by atoms with van der Waals surface area (Å²) in [7, 11) is 0. The lowest BCUT2D eigenvalue weighted by atomic mass is 9.81. The Balaban J connectivity index is 0.603. The zero-order valence-corrected chi connectivity index (χ0v) is 53.2. The number of fused-ring (bicyclic) bond motifs is 2. The minimum atomic E-state index is -4.71. The Labute approximate surface area is 541 Å². The molecule has 93 heavy (non-hydrogen) atoms.